The van der Waals surface area contributed by atoms with Crippen LogP contribution in [0.1, 0.15) is 11.1 Å². The quantitative estimate of drug-likeness (QED) is 0.134. The normalized spacial score (nSPS) is 13.4. The van der Waals surface area contributed by atoms with Crippen LogP contribution >= 0.6 is 15.6 Å². The number of hydrogen-bond acceptors (Lipinski definition) is 2. The van der Waals surface area contributed by atoms with Crippen LogP contribution in [0.2, 0.25) is 0 Å². The SMILES string of the molecule is F[P-](F)(F)(F)(F)F.F[P-](F)(F)(F)(F)F.N#CC[n+]1ccc(-c2cc[n+](Cc3ccc(C[n+]4ccc(-c5cc[n+](CC#N)cc5)cc4)cc3)cc2)cc1.[Br-].[Br-]. The van der Waals surface area contributed by atoms with Crippen LogP contribution in [0.25, 0.3) is 22.3 Å². The van der Waals surface area contributed by atoms with E-state index in [4.69, 9.17) is 10.5 Å². The molecule has 22 heteroatoms. The molecule has 4 aromatic heterocycles. The molecule has 54 heavy (non-hydrogen) atoms. The van der Waals surface area contributed by atoms with Crippen LogP contribution in [0, 0.1) is 22.7 Å². The number of benzene rings is 1. The summed E-state index contributed by atoms with van der Waals surface area (Å²) in [5, 5.41) is 17.6. The number of halogens is 14. The average molecular weight is 946 g/mol. The molecule has 6 nitrogen and oxygen atoms in total. The second-order valence-corrected chi connectivity index (χ2v) is 14.9. The molecule has 0 saturated heterocycles. The molecule has 0 aliphatic heterocycles. The second-order valence-electron chi connectivity index (χ2n) is 11.1. The second kappa shape index (κ2) is 16.7. The van der Waals surface area contributed by atoms with Gasteiger partial charge in [-0.15, -0.1) is 0 Å². The third-order valence-electron chi connectivity index (χ3n) is 6.49. The fourth-order valence-corrected chi connectivity index (χ4v) is 4.36. The molecular weight excluding hydrogens is 918 g/mol. The van der Waals surface area contributed by atoms with Crippen LogP contribution in [-0.4, -0.2) is 0 Å². The van der Waals surface area contributed by atoms with Crippen molar-refractivity contribution in [2.75, 3.05) is 0 Å². The molecule has 0 saturated carbocycles. The van der Waals surface area contributed by atoms with Crippen molar-refractivity contribution in [2.24, 2.45) is 0 Å². The van der Waals surface area contributed by atoms with Gasteiger partial charge in [-0.3, -0.25) is 0 Å². The number of rotatable bonds is 8. The molecule has 0 radical (unpaired) electrons. The minimum Gasteiger partial charge on any atom is -1.00 e. The van der Waals surface area contributed by atoms with E-state index in [1.807, 2.05) is 58.2 Å². The Morgan fingerprint density at radius 1 is 0.370 bits per heavy atom. The van der Waals surface area contributed by atoms with Crippen molar-refractivity contribution in [3.8, 4) is 34.4 Å². The van der Waals surface area contributed by atoms with Crippen molar-refractivity contribution in [1.82, 2.24) is 0 Å². The van der Waals surface area contributed by atoms with Gasteiger partial charge in [0.05, 0.1) is 0 Å². The predicted molar refractivity (Wildman–Crippen MR) is 168 cm³/mol. The van der Waals surface area contributed by atoms with Crippen LogP contribution < -0.4 is 52.2 Å². The van der Waals surface area contributed by atoms with Gasteiger partial charge in [-0.1, -0.05) is 24.3 Å². The van der Waals surface area contributed by atoms with Crippen molar-refractivity contribution in [3.63, 3.8) is 0 Å². The van der Waals surface area contributed by atoms with Gasteiger partial charge in [0.2, 0.25) is 13.1 Å². The summed E-state index contributed by atoms with van der Waals surface area (Å²) in [5.41, 5.74) is 7.07. The summed E-state index contributed by atoms with van der Waals surface area (Å²) in [6, 6.07) is 29.7. The Kier molecular flexibility index (Phi) is 14.7. The summed E-state index contributed by atoms with van der Waals surface area (Å²) < 4.78 is 126. The Labute approximate surface area is 321 Å². The molecule has 0 amide bonds. The smallest absolute Gasteiger partial charge is 0.233 e. The molecule has 294 valence electrons. The van der Waals surface area contributed by atoms with E-state index in [-0.39, 0.29) is 34.0 Å². The Bertz CT molecular complexity index is 1880. The molecule has 4 heterocycles. The molecular formula is C32H28Br2F12N6P2. The first kappa shape index (κ1) is 47.8. The van der Waals surface area contributed by atoms with Crippen LogP contribution in [0.5, 0.6) is 0 Å². The van der Waals surface area contributed by atoms with E-state index >= 15 is 0 Å². The van der Waals surface area contributed by atoms with Crippen molar-refractivity contribution in [3.05, 3.63) is 133 Å². The maximum atomic E-state index is 9.87. The molecule has 0 spiro atoms. The summed E-state index contributed by atoms with van der Waals surface area (Å²) >= 11 is 0. The van der Waals surface area contributed by atoms with E-state index in [2.05, 4.69) is 94.6 Å². The van der Waals surface area contributed by atoms with E-state index in [0.29, 0.717) is 13.1 Å². The van der Waals surface area contributed by atoms with Crippen molar-refractivity contribution < 1.29 is 103 Å². The van der Waals surface area contributed by atoms with Gasteiger partial charge < -0.3 is 34.0 Å². The van der Waals surface area contributed by atoms with Gasteiger partial charge in [0, 0.05) is 59.7 Å². The number of pyridine rings is 4. The molecule has 0 atom stereocenters. The Morgan fingerprint density at radius 3 is 0.741 bits per heavy atom. The topological polar surface area (TPSA) is 63.1 Å². The first-order chi connectivity index (χ1) is 23.6. The maximum absolute atomic E-state index is 10.7. The van der Waals surface area contributed by atoms with Crippen LogP contribution in [0.3, 0.4) is 0 Å². The van der Waals surface area contributed by atoms with Crippen LogP contribution in [-0.2, 0) is 26.2 Å². The first-order valence-electron chi connectivity index (χ1n) is 14.5. The van der Waals surface area contributed by atoms with Gasteiger partial charge in [0.15, 0.2) is 62.7 Å². The fraction of sp³-hybridized carbons (Fsp3) is 0.125. The molecule has 0 N–H and O–H groups in total. The summed E-state index contributed by atoms with van der Waals surface area (Å²) in [4.78, 5) is 0. The van der Waals surface area contributed by atoms with E-state index < -0.39 is 15.6 Å². The third-order valence-corrected chi connectivity index (χ3v) is 6.49. The van der Waals surface area contributed by atoms with E-state index in [1.165, 1.54) is 11.1 Å². The zero-order chi connectivity index (χ0) is 39.0. The van der Waals surface area contributed by atoms with Gasteiger partial charge in [-0.05, 0) is 22.3 Å². The predicted octanol–water partition coefficient (Wildman–Crippen LogP) is 4.09. The van der Waals surface area contributed by atoms with E-state index in [0.717, 1.165) is 35.3 Å². The largest absolute Gasteiger partial charge is 1.00 e. The fourth-order valence-electron chi connectivity index (χ4n) is 4.36. The monoisotopic (exact) mass is 944 g/mol. The average Bonchev–Trinajstić information content (AvgIpc) is 3.01. The summed E-state index contributed by atoms with van der Waals surface area (Å²) in [5.74, 6) is 0. The maximum Gasteiger partial charge on any atom is 0.233 e. The van der Waals surface area contributed by atoms with Crippen LogP contribution in [0.15, 0.2) is 122 Å². The Hall–Kier alpha value is -4.22. The summed E-state index contributed by atoms with van der Waals surface area (Å²) in [6.45, 7) is 2.34. The Morgan fingerprint density at radius 2 is 0.556 bits per heavy atom. The van der Waals surface area contributed by atoms with Gasteiger partial charge in [0.25, 0.3) is 0 Å². The summed E-state index contributed by atoms with van der Waals surface area (Å²) in [7, 11) is -21.3. The zero-order valence-electron chi connectivity index (χ0n) is 27.2. The molecule has 0 fully saturated rings. The molecule has 0 aliphatic carbocycles. The van der Waals surface area contributed by atoms with Gasteiger partial charge in [-0.25, -0.2) is 9.13 Å². The van der Waals surface area contributed by atoms with Crippen molar-refractivity contribution in [1.29, 1.82) is 10.5 Å². The minimum absolute atomic E-state index is 0. The third kappa shape index (κ3) is 22.8. The first-order valence-corrected chi connectivity index (χ1v) is 18.6. The Balaban J connectivity index is 0.000000778. The number of nitriles is 2. The standard InChI is InChI=1S/C32H28N6.2BrH.2F6P/c33-13-23-35-15-5-29(6-16-35)31-9-19-37(20-10-31)25-27-1-2-28(4-3-27)26-38-21-11-32(12-22-38)30-7-17-36(18-8-30)24-14-34;;;2*1-7(2,3,4,5)6/h1-12,15-22H,23-26H2;2*1H;;/q+4;;;2*-1/p-2. The number of nitrogens with zero attached hydrogens (tertiary/aromatic N) is 6. The zero-order valence-corrected chi connectivity index (χ0v) is 32.2. The van der Waals surface area contributed by atoms with Crippen molar-refractivity contribution in [2.45, 2.75) is 26.2 Å². The van der Waals surface area contributed by atoms with E-state index in [9.17, 15) is 50.4 Å². The number of aromatic nitrogens is 4. The van der Waals surface area contributed by atoms with Crippen molar-refractivity contribution >= 4 is 15.6 Å². The molecule has 5 aromatic rings. The molecule has 0 unspecified atom stereocenters. The minimum atomic E-state index is -10.7. The summed E-state index contributed by atoms with van der Waals surface area (Å²) in [6.07, 6.45) is 16.2. The molecule has 0 aliphatic rings. The van der Waals surface area contributed by atoms with Gasteiger partial charge in [0.1, 0.15) is 12.1 Å². The molecule has 1 aromatic carbocycles. The van der Waals surface area contributed by atoms with Gasteiger partial charge in [-0.2, -0.15) is 19.7 Å². The molecule has 5 rings (SSSR count). The van der Waals surface area contributed by atoms with E-state index in [1.54, 1.807) is 0 Å². The van der Waals surface area contributed by atoms with Gasteiger partial charge >= 0.3 is 66.0 Å². The molecule has 0 bridgehead atoms. The number of hydrogen-bond donors (Lipinski definition) is 0. The van der Waals surface area contributed by atoms with Crippen LogP contribution in [0.4, 0.5) is 50.4 Å².